The zero-order valence-corrected chi connectivity index (χ0v) is 33.5. The van der Waals surface area contributed by atoms with E-state index < -0.39 is 89.7 Å². The predicted molar refractivity (Wildman–Crippen MR) is 82.9 cm³/mol. The Labute approximate surface area is 346 Å². The van der Waals surface area contributed by atoms with Crippen molar-refractivity contribution < 1.29 is 260 Å². The number of hydrogen-bond donors (Lipinski definition) is 1. The van der Waals surface area contributed by atoms with Crippen LogP contribution >= 0.6 is 46.9 Å². The molecule has 27 nitrogen and oxygen atoms in total. The molecular formula is C7H7Cu6NaO27P6. The second-order valence-electron chi connectivity index (χ2n) is 6.37. The summed E-state index contributed by atoms with van der Waals surface area (Å²) in [4.78, 5) is 142. The monoisotopic (exact) mass is 1110 g/mol. The van der Waals surface area contributed by atoms with Gasteiger partial charge in [0.15, 0.2) is 0 Å². The van der Waals surface area contributed by atoms with Crippen molar-refractivity contribution in [2.24, 2.45) is 0 Å². The van der Waals surface area contributed by atoms with Crippen LogP contribution in [0.5, 0.6) is 0 Å². The summed E-state index contributed by atoms with van der Waals surface area (Å²) in [6.45, 7) is 0. The first-order chi connectivity index (χ1) is 17.3. The molecule has 1 fully saturated rings. The third-order valence-electron chi connectivity index (χ3n) is 3.45. The number of phosphoric ester groups is 6. The topological polar surface area (TPSA) is 495 Å². The van der Waals surface area contributed by atoms with Gasteiger partial charge in [-0.05, 0) is 0 Å². The number of carboxylic acid groups (broad SMARTS) is 2. The molecule has 0 aromatic heterocycles. The summed E-state index contributed by atoms with van der Waals surface area (Å²) >= 11 is 0. The maximum atomic E-state index is 11.1. The molecule has 0 bridgehead atoms. The van der Waals surface area contributed by atoms with Crippen LogP contribution in [-0.4, -0.2) is 47.9 Å². The second-order valence-corrected chi connectivity index (χ2v) is 13.0. The molecule has 40 heteroatoms. The van der Waals surface area contributed by atoms with Crippen LogP contribution in [0, 0.1) is 0 Å². The summed E-state index contributed by atoms with van der Waals surface area (Å²) in [5.41, 5.74) is 0. The molecule has 0 atom stereocenters. The summed E-state index contributed by atoms with van der Waals surface area (Å²) in [5, 5.41) is 15.3. The van der Waals surface area contributed by atoms with E-state index in [1.165, 1.54) is 0 Å². The molecular weight excluding hydrogens is 1110 g/mol. The van der Waals surface area contributed by atoms with Gasteiger partial charge in [-0.15, -0.1) is 0 Å². The number of hydrogen-bond acceptors (Lipinski definition) is 26. The summed E-state index contributed by atoms with van der Waals surface area (Å²) in [7, 11) is -40.1. The first kappa shape index (κ1) is 69.0. The third kappa shape index (κ3) is 34.3. The normalized spacial score (nSPS) is 23.0. The summed E-state index contributed by atoms with van der Waals surface area (Å²) < 4.78 is 88.3. The van der Waals surface area contributed by atoms with Gasteiger partial charge < -0.3 is 128 Å². The van der Waals surface area contributed by atoms with Crippen LogP contribution in [0.15, 0.2) is 0 Å². The van der Waals surface area contributed by atoms with Gasteiger partial charge >= 0.3 is 132 Å². The van der Waals surface area contributed by atoms with Crippen molar-refractivity contribution >= 4 is 53.1 Å². The fourth-order valence-electron chi connectivity index (χ4n) is 2.74. The van der Waals surface area contributed by atoms with Crippen molar-refractivity contribution in [1.82, 2.24) is 0 Å². The fraction of sp³-hybridized carbons (Fsp3) is 0.857. The number of carbonyl (C=O) groups is 1. The molecule has 6 radical (unpaired) electrons. The van der Waals surface area contributed by atoms with Gasteiger partial charge in [-0.2, -0.15) is 0 Å². The minimum Gasteiger partial charge on any atom is -0.790 e. The molecule has 1 N–H and O–H groups in total. The second kappa shape index (κ2) is 26.8. The van der Waals surface area contributed by atoms with Crippen LogP contribution in [0.1, 0.15) is 0 Å². The Morgan fingerprint density at radius 2 is 0.447 bits per heavy atom. The SMILES string of the molecule is O=C([O-])O.O=P([O-])([O-])O[C@H]1[C@H](OP(=O)([O-])[O-])[C@@H](OP(=O)([O-])[O-])[C@H](OP(=O)([O-])[O-])[C@@H](OP(=O)([O-])[O-])[C@H]1OP(=O)([O-])[O-].[Cu+2].[Cu+2].[Cu+2].[Cu+2].[Cu+2].[Cu+2].[Na+]. The quantitative estimate of drug-likeness (QED) is 0.140. The van der Waals surface area contributed by atoms with Crippen LogP contribution in [0.25, 0.3) is 0 Å². The Kier molecular flexibility index (Phi) is 39.3. The zero-order chi connectivity index (χ0) is 32.3. The van der Waals surface area contributed by atoms with E-state index in [0.717, 1.165) is 0 Å². The average molecular weight is 1110 g/mol. The van der Waals surface area contributed by atoms with E-state index in [9.17, 15) is 86.1 Å². The molecule has 0 aromatic carbocycles. The Morgan fingerprint density at radius 1 is 0.383 bits per heavy atom. The minimum atomic E-state index is -6.68. The van der Waals surface area contributed by atoms with Gasteiger partial charge in [-0.25, -0.2) is 0 Å². The molecule has 47 heavy (non-hydrogen) atoms. The number of phosphoric acid groups is 6. The summed E-state index contributed by atoms with van der Waals surface area (Å²) in [6.07, 6.45) is -23.6. The molecule has 1 rings (SSSR count). The van der Waals surface area contributed by atoms with E-state index in [1.807, 2.05) is 0 Å². The van der Waals surface area contributed by atoms with Crippen molar-refractivity contribution in [1.29, 1.82) is 0 Å². The van der Waals surface area contributed by atoms with Crippen LogP contribution in [-0.2, 0) is 157 Å². The molecule has 0 saturated heterocycles. The minimum absolute atomic E-state index is 0. The van der Waals surface area contributed by atoms with Gasteiger partial charge in [0.1, 0.15) is 36.6 Å². The number of rotatable bonds is 12. The molecule has 0 aromatic rings. The predicted octanol–water partition coefficient (Wildman–Crippen LogP) is -14.8. The zero-order valence-electron chi connectivity index (χ0n) is 20.5. The Hall–Kier alpha value is 4.05. The summed E-state index contributed by atoms with van der Waals surface area (Å²) in [5.74, 6) is 0. The van der Waals surface area contributed by atoms with E-state index in [-0.39, 0.29) is 132 Å². The van der Waals surface area contributed by atoms with Gasteiger partial charge in [-0.3, -0.25) is 0 Å². The average Bonchev–Trinajstić information content (AvgIpc) is 2.57. The van der Waals surface area contributed by atoms with Gasteiger partial charge in [0.05, 0.1) is 46.9 Å². The van der Waals surface area contributed by atoms with Crippen LogP contribution in [0.2, 0.25) is 0 Å². The van der Waals surface area contributed by atoms with Crippen LogP contribution in [0.3, 0.4) is 0 Å². The van der Waals surface area contributed by atoms with E-state index in [4.69, 9.17) is 15.0 Å². The maximum absolute atomic E-state index is 11.1. The van der Waals surface area contributed by atoms with Crippen molar-refractivity contribution in [2.75, 3.05) is 0 Å². The van der Waals surface area contributed by atoms with Crippen molar-refractivity contribution in [2.45, 2.75) is 36.6 Å². The fourth-order valence-corrected chi connectivity index (χ4v) is 5.96. The smallest absolute Gasteiger partial charge is 0.790 e. The standard InChI is InChI=1S/C6H18O24P6.CH2O3.6Cu.Na/c7-31(8,9)25-1-2(26-32(10,11)12)4(28-34(16,17)18)6(30-36(22,23)24)5(29-35(19,20)21)3(1)27-33(13,14)15;2-1(3)4;;;;;;;/h1-6H,(H2,7,8,9)(H2,10,11,12)(H2,13,14,15)(H2,16,17,18)(H2,19,20,21)(H2,22,23,24);(H2,2,3,4);;;;;;;/q;;6*+2;+1/p-13/t1-,2-,3-,4+,5-,6-;;;;;;;;. The molecule has 1 saturated carbocycles. The summed E-state index contributed by atoms with van der Waals surface area (Å²) in [6, 6.07) is 0. The molecule has 0 heterocycles. The van der Waals surface area contributed by atoms with E-state index in [1.54, 1.807) is 0 Å². The van der Waals surface area contributed by atoms with E-state index >= 15 is 0 Å². The van der Waals surface area contributed by atoms with Crippen molar-refractivity contribution in [3.05, 3.63) is 0 Å². The van der Waals surface area contributed by atoms with E-state index in [0.29, 0.717) is 0 Å². The molecule has 0 amide bonds. The Morgan fingerprint density at radius 3 is 0.489 bits per heavy atom. The molecule has 1 aliphatic rings. The third-order valence-corrected chi connectivity index (χ3v) is 6.46. The Balaban J connectivity index is -0.000000217. The van der Waals surface area contributed by atoms with Crippen LogP contribution in [0.4, 0.5) is 4.79 Å². The first-order valence-corrected chi connectivity index (χ1v) is 17.2. The first-order valence-electron chi connectivity index (χ1n) is 8.43. The molecule has 0 aliphatic heterocycles. The van der Waals surface area contributed by atoms with Gasteiger partial charge in [0.25, 0.3) is 0 Å². The largest absolute Gasteiger partial charge is 2.00 e. The van der Waals surface area contributed by atoms with Gasteiger partial charge in [-0.1, -0.05) is 0 Å². The van der Waals surface area contributed by atoms with Crippen molar-refractivity contribution in [3.63, 3.8) is 0 Å². The van der Waals surface area contributed by atoms with Crippen molar-refractivity contribution in [3.8, 4) is 0 Å². The maximum Gasteiger partial charge on any atom is 2.00 e. The molecule has 1 aliphatic carbocycles. The van der Waals surface area contributed by atoms with E-state index in [2.05, 4.69) is 27.1 Å². The van der Waals surface area contributed by atoms with Crippen LogP contribution < -0.4 is 93.4 Å². The van der Waals surface area contributed by atoms with Gasteiger partial charge in [0, 0.05) is 0 Å². The Bertz CT molecular complexity index is 941. The molecule has 0 unspecified atom stereocenters. The molecule has 0 spiro atoms. The van der Waals surface area contributed by atoms with Gasteiger partial charge in [0.2, 0.25) is 6.16 Å². The molecule has 294 valence electrons.